The summed E-state index contributed by atoms with van der Waals surface area (Å²) in [6.45, 7) is 5.76. The topological polar surface area (TPSA) is 52.6 Å². The minimum Gasteiger partial charge on any atom is -0.466 e. The minimum atomic E-state index is 0.00625. The Morgan fingerprint density at radius 3 is 0.717 bits per heavy atom. The molecule has 274 valence electrons. The number of ether oxygens (including phenoxy) is 2. The van der Waals surface area contributed by atoms with Gasteiger partial charge in [-0.1, -0.05) is 206 Å². The van der Waals surface area contributed by atoms with E-state index in [9.17, 15) is 9.59 Å². The number of esters is 2. The van der Waals surface area contributed by atoms with E-state index in [-0.39, 0.29) is 11.9 Å². The van der Waals surface area contributed by atoms with Crippen molar-refractivity contribution in [2.45, 2.75) is 245 Å². The first-order valence-electron chi connectivity index (χ1n) is 21.0. The first-order valence-corrected chi connectivity index (χ1v) is 21.0. The Morgan fingerprint density at radius 2 is 0.478 bits per heavy atom. The van der Waals surface area contributed by atoms with Crippen molar-refractivity contribution in [1.29, 1.82) is 0 Å². The molecule has 4 heteroatoms. The molecule has 0 fully saturated rings. The van der Waals surface area contributed by atoms with E-state index < -0.39 is 0 Å². The molecule has 0 aromatic carbocycles. The molecule has 0 unspecified atom stereocenters. The Labute approximate surface area is 288 Å². The van der Waals surface area contributed by atoms with Crippen LogP contribution in [0.4, 0.5) is 0 Å². The number of carbonyl (C=O) groups excluding carboxylic acids is 2. The average Bonchev–Trinajstić information content (AvgIpc) is 3.05. The second-order valence-electron chi connectivity index (χ2n) is 14.3. The first-order chi connectivity index (χ1) is 22.7. The third-order valence-electron chi connectivity index (χ3n) is 9.53. The van der Waals surface area contributed by atoms with Gasteiger partial charge in [-0.05, 0) is 25.7 Å². The maximum Gasteiger partial charge on any atom is 0.305 e. The molecule has 0 amide bonds. The third kappa shape index (κ3) is 39.1. The van der Waals surface area contributed by atoms with Crippen LogP contribution in [0, 0.1) is 0 Å². The number of unbranched alkanes of at least 4 members (excludes halogenated alkanes) is 31. The fourth-order valence-electron chi connectivity index (χ4n) is 6.36. The molecule has 0 aromatic heterocycles. The van der Waals surface area contributed by atoms with Crippen molar-refractivity contribution in [1.82, 2.24) is 0 Å². The van der Waals surface area contributed by atoms with E-state index in [0.717, 1.165) is 25.7 Å². The largest absolute Gasteiger partial charge is 0.466 e. The van der Waals surface area contributed by atoms with E-state index in [4.69, 9.17) is 9.47 Å². The third-order valence-corrected chi connectivity index (χ3v) is 9.53. The molecule has 0 radical (unpaired) electrons. The van der Waals surface area contributed by atoms with Crippen LogP contribution in [0.25, 0.3) is 0 Å². The van der Waals surface area contributed by atoms with Crippen LogP contribution in [0.2, 0.25) is 0 Å². The van der Waals surface area contributed by atoms with Crippen molar-refractivity contribution in [3.05, 3.63) is 0 Å². The Balaban J connectivity index is 3.20. The highest BCUT2D eigenvalue weighted by Crippen LogP contribution is 2.15. The molecule has 0 saturated heterocycles. The maximum atomic E-state index is 11.9. The van der Waals surface area contributed by atoms with Crippen molar-refractivity contribution in [2.24, 2.45) is 0 Å². The SMILES string of the molecule is CCCCCCCCCCCCCC(=O)OCCCCCCCCCCCCCCOC(=O)CCCCCCCCCCCCC. The van der Waals surface area contributed by atoms with Crippen LogP contribution in [-0.4, -0.2) is 25.2 Å². The van der Waals surface area contributed by atoms with Crippen molar-refractivity contribution < 1.29 is 19.1 Å². The molecule has 4 nitrogen and oxygen atoms in total. The summed E-state index contributed by atoms with van der Waals surface area (Å²) in [7, 11) is 0. The molecule has 0 rings (SSSR count). The molecule has 0 aromatic rings. The van der Waals surface area contributed by atoms with Gasteiger partial charge in [0, 0.05) is 12.8 Å². The Kier molecular flexibility index (Phi) is 39.2. The minimum absolute atomic E-state index is 0.00625. The predicted molar refractivity (Wildman–Crippen MR) is 199 cm³/mol. The zero-order chi connectivity index (χ0) is 33.4. The van der Waals surface area contributed by atoms with E-state index in [1.807, 2.05) is 0 Å². The van der Waals surface area contributed by atoms with E-state index in [1.54, 1.807) is 0 Å². The van der Waals surface area contributed by atoms with Gasteiger partial charge in [-0.15, -0.1) is 0 Å². The zero-order valence-electron chi connectivity index (χ0n) is 31.5. The van der Waals surface area contributed by atoms with Crippen molar-refractivity contribution in [3.63, 3.8) is 0 Å². The molecule has 0 aliphatic rings. The van der Waals surface area contributed by atoms with E-state index in [0.29, 0.717) is 26.1 Å². The van der Waals surface area contributed by atoms with E-state index in [2.05, 4.69) is 13.8 Å². The molecule has 0 aliphatic carbocycles. The Morgan fingerprint density at radius 1 is 0.283 bits per heavy atom. The zero-order valence-corrected chi connectivity index (χ0v) is 31.5. The molecule has 46 heavy (non-hydrogen) atoms. The number of rotatable bonds is 39. The number of carbonyl (C=O) groups is 2. The Bertz CT molecular complexity index is 552. The quantitative estimate of drug-likeness (QED) is 0.0490. The van der Waals surface area contributed by atoms with Gasteiger partial charge < -0.3 is 9.47 Å². The summed E-state index contributed by atoms with van der Waals surface area (Å²) in [6, 6.07) is 0. The van der Waals surface area contributed by atoms with Crippen molar-refractivity contribution >= 4 is 11.9 Å². The summed E-state index contributed by atoms with van der Waals surface area (Å²) in [5.41, 5.74) is 0. The highest BCUT2D eigenvalue weighted by atomic mass is 16.5. The molecule has 0 heterocycles. The van der Waals surface area contributed by atoms with Crippen LogP contribution in [0.5, 0.6) is 0 Å². The molecule has 0 bridgehead atoms. The van der Waals surface area contributed by atoms with Crippen LogP contribution in [0.1, 0.15) is 245 Å². The maximum absolute atomic E-state index is 11.9. The number of hydrogen-bond donors (Lipinski definition) is 0. The summed E-state index contributed by atoms with van der Waals surface area (Å²) in [5, 5.41) is 0. The highest BCUT2D eigenvalue weighted by molar-refractivity contribution is 5.69. The van der Waals surface area contributed by atoms with Gasteiger partial charge in [-0.25, -0.2) is 0 Å². The van der Waals surface area contributed by atoms with Gasteiger partial charge in [0.05, 0.1) is 13.2 Å². The second-order valence-corrected chi connectivity index (χ2v) is 14.3. The molecule has 0 spiro atoms. The van der Waals surface area contributed by atoms with Gasteiger partial charge in [0.1, 0.15) is 0 Å². The summed E-state index contributed by atoms with van der Waals surface area (Å²) in [6.07, 6.45) is 44.9. The van der Waals surface area contributed by atoms with E-state index >= 15 is 0 Å². The lowest BCUT2D eigenvalue weighted by atomic mass is 10.1. The highest BCUT2D eigenvalue weighted by Gasteiger charge is 2.04. The summed E-state index contributed by atoms with van der Waals surface area (Å²) < 4.78 is 10.9. The van der Waals surface area contributed by atoms with Gasteiger partial charge in [0.25, 0.3) is 0 Å². The smallest absolute Gasteiger partial charge is 0.305 e. The lowest BCUT2D eigenvalue weighted by molar-refractivity contribution is -0.144. The van der Waals surface area contributed by atoms with Crippen molar-refractivity contribution in [2.75, 3.05) is 13.2 Å². The first kappa shape index (κ1) is 44.9. The van der Waals surface area contributed by atoms with Gasteiger partial charge in [0.2, 0.25) is 0 Å². The fraction of sp³-hybridized carbons (Fsp3) is 0.952. The van der Waals surface area contributed by atoms with Gasteiger partial charge in [0.15, 0.2) is 0 Å². The standard InChI is InChI=1S/C42H82O4/c1-3-5-7-9-11-13-17-21-25-29-33-37-41(43)45-39-35-31-27-23-19-15-16-20-24-28-32-36-40-46-42(44)38-34-30-26-22-18-14-12-10-8-6-4-2/h3-40H2,1-2H3. The monoisotopic (exact) mass is 651 g/mol. The lowest BCUT2D eigenvalue weighted by Crippen LogP contribution is -2.05. The Hall–Kier alpha value is -1.06. The van der Waals surface area contributed by atoms with Gasteiger partial charge in [-0.3, -0.25) is 9.59 Å². The van der Waals surface area contributed by atoms with Crippen LogP contribution in [0.15, 0.2) is 0 Å². The molecule has 0 atom stereocenters. The summed E-state index contributed by atoms with van der Waals surface area (Å²) in [4.78, 5) is 23.8. The lowest BCUT2D eigenvalue weighted by Gasteiger charge is -2.06. The fourth-order valence-corrected chi connectivity index (χ4v) is 6.36. The van der Waals surface area contributed by atoms with Crippen molar-refractivity contribution in [3.8, 4) is 0 Å². The van der Waals surface area contributed by atoms with Gasteiger partial charge in [-0.2, -0.15) is 0 Å². The second kappa shape index (κ2) is 40.1. The molecular weight excluding hydrogens is 568 g/mol. The molecular formula is C42H82O4. The molecule has 0 aliphatic heterocycles. The van der Waals surface area contributed by atoms with Crippen LogP contribution >= 0.6 is 0 Å². The number of hydrogen-bond acceptors (Lipinski definition) is 4. The average molecular weight is 651 g/mol. The van der Waals surface area contributed by atoms with E-state index in [1.165, 1.54) is 193 Å². The summed E-state index contributed by atoms with van der Waals surface area (Å²) >= 11 is 0. The van der Waals surface area contributed by atoms with Crippen LogP contribution in [0.3, 0.4) is 0 Å². The van der Waals surface area contributed by atoms with Crippen LogP contribution in [-0.2, 0) is 19.1 Å². The summed E-state index contributed by atoms with van der Waals surface area (Å²) in [5.74, 6) is 0.0125. The van der Waals surface area contributed by atoms with Crippen LogP contribution < -0.4 is 0 Å². The molecule has 0 saturated carbocycles. The predicted octanol–water partition coefficient (Wildman–Crippen LogP) is 14.2. The van der Waals surface area contributed by atoms with Gasteiger partial charge >= 0.3 is 11.9 Å². The molecule has 0 N–H and O–H groups in total. The normalized spacial score (nSPS) is 11.3.